The first-order valence-corrected chi connectivity index (χ1v) is 7.00. The Kier molecular flexibility index (Phi) is 0. The number of rotatable bonds is 0. The van der Waals surface area contributed by atoms with Gasteiger partial charge in [-0.25, -0.2) is 0 Å². The molecule has 0 fully saturated rings. The Morgan fingerprint density at radius 3 is 0.176 bits per heavy atom. The zero-order valence-corrected chi connectivity index (χ0v) is 14.0. The molecule has 0 heterocycles. The molecule has 17 heavy (non-hydrogen) atoms. The van der Waals surface area contributed by atoms with Crippen LogP contribution in [-0.4, -0.2) is 0 Å². The van der Waals surface area contributed by atoms with Gasteiger partial charge in [-0.2, -0.15) is 0 Å². The predicted molar refractivity (Wildman–Crippen MR) is 99.6 cm³/mol. The smallest absolute Gasteiger partial charge is 0.0683 e. The molecule has 0 aromatic carbocycles. The molecule has 0 aromatic rings. The molecule has 0 saturated heterocycles. The van der Waals surface area contributed by atoms with E-state index in [0.29, 0.717) is 0 Å². The molecule has 122 valence electrons. The van der Waals surface area contributed by atoms with E-state index in [2.05, 4.69) is 0 Å². The van der Waals surface area contributed by atoms with Gasteiger partial charge in [-0.3, -0.25) is 0 Å². The van der Waals surface area contributed by atoms with Gasteiger partial charge < -0.3 is 0 Å². The van der Waals surface area contributed by atoms with Crippen LogP contribution in [0.25, 0.3) is 0 Å². The van der Waals surface area contributed by atoms with E-state index in [4.69, 9.17) is 0 Å². The molecule has 0 aliphatic rings. The Labute approximate surface area is 120 Å². The summed E-state index contributed by atoms with van der Waals surface area (Å²) in [5.41, 5.74) is 0. The zero-order chi connectivity index (χ0) is 14.0. The van der Waals surface area contributed by atoms with Crippen LogP contribution in [0.5, 0.6) is 0 Å². The normalized spacial score (nSPS) is 2.47. The van der Waals surface area contributed by atoms with Gasteiger partial charge in [0.15, 0.2) is 0 Å². The molecule has 0 rings (SSSR count). The summed E-state index contributed by atoms with van der Waals surface area (Å²) >= 11 is 0. The average Bonchev–Trinajstić information content (AvgIpc) is 2.45. The van der Waals surface area contributed by atoms with Crippen molar-refractivity contribution in [1.82, 2.24) is 0 Å². The molecule has 0 spiro atoms. The maximum atomic E-state index is 2.00. The molecular weight excluding hydrogens is 204 g/mol. The molecule has 0 unspecified atom stereocenters. The maximum Gasteiger partial charge on any atom is -0.0683 e. The summed E-state index contributed by atoms with van der Waals surface area (Å²) in [6.07, 6.45) is 0. The Bertz CT molecular complexity index is 0. The second kappa shape index (κ2) is 0. The lowest BCUT2D eigenvalue weighted by molar-refractivity contribution is 1.50. The summed E-state index contributed by atoms with van der Waals surface area (Å²) in [6, 6.07) is 0. The summed E-state index contributed by atoms with van der Waals surface area (Å²) in [7, 11) is 0. The van der Waals surface area contributed by atoms with Crippen molar-refractivity contribution in [2.45, 2.75) is 119 Å². The van der Waals surface area contributed by atoms with Crippen molar-refractivity contribution in [2.75, 3.05) is 0 Å². The Morgan fingerprint density at radius 1 is 0.176 bits per heavy atom. The van der Waals surface area contributed by atoms with Gasteiger partial charge in [-0.15, -0.1) is 0 Å². The fourth-order valence-electron chi connectivity index (χ4n) is 0. The van der Waals surface area contributed by atoms with Crippen molar-refractivity contribution >= 4 is 0 Å². The molecule has 0 amide bonds. The quantitative estimate of drug-likeness (QED) is 0.406. The molecule has 0 aromatic heterocycles. The van der Waals surface area contributed by atoms with E-state index in [1.165, 1.54) is 0 Å². The van der Waals surface area contributed by atoms with Gasteiger partial charge in [0.25, 0.3) is 0 Å². The van der Waals surface area contributed by atoms with Crippen LogP contribution in [0.15, 0.2) is 0 Å². The molecule has 0 aliphatic carbocycles. The van der Waals surface area contributed by atoms with Crippen LogP contribution in [-0.2, 0) is 0 Å². The van der Waals surface area contributed by atoms with Crippen molar-refractivity contribution < 1.29 is 0 Å². The Balaban J connectivity index is -0.00000000408. The standard InChI is InChI=1S/7C2H6.3CH4/c7*1-2;;;/h7*1-2H3;3*1H4. The Morgan fingerprint density at radius 2 is 0.176 bits per heavy atom. The number of hydrogen-bond acceptors (Lipinski definition) is 0. The molecule has 0 atom stereocenters. The largest absolute Gasteiger partial charge is 0.0776 e. The topological polar surface area (TPSA) is 0 Å². The monoisotopic (exact) mass is 258 g/mol. The zero-order valence-electron chi connectivity index (χ0n) is 14.0. The third-order valence-corrected chi connectivity index (χ3v) is 0. The minimum absolute atomic E-state index is 0. The first kappa shape index (κ1) is 88.8. The summed E-state index contributed by atoms with van der Waals surface area (Å²) < 4.78 is 0. The maximum absolute atomic E-state index is 2.00. The second-order valence-corrected chi connectivity index (χ2v) is 0. The molecule has 0 heteroatoms. The van der Waals surface area contributed by atoms with Crippen molar-refractivity contribution in [3.05, 3.63) is 0 Å². The predicted octanol–water partition coefficient (Wildman–Crippen LogP) is 9.09. The van der Waals surface area contributed by atoms with Crippen LogP contribution in [0.1, 0.15) is 119 Å². The van der Waals surface area contributed by atoms with E-state index in [-0.39, 0.29) is 22.3 Å². The molecule has 0 radical (unpaired) electrons. The van der Waals surface area contributed by atoms with Gasteiger partial charge in [-0.05, 0) is 0 Å². The van der Waals surface area contributed by atoms with Gasteiger partial charge in [0.05, 0.1) is 0 Å². The average molecular weight is 259 g/mol. The third-order valence-electron chi connectivity index (χ3n) is 0. The highest BCUT2D eigenvalue weighted by atomic mass is 13.0. The van der Waals surface area contributed by atoms with Crippen LogP contribution in [0.2, 0.25) is 0 Å². The lowest BCUT2D eigenvalue weighted by Gasteiger charge is -1.07. The second-order valence-electron chi connectivity index (χ2n) is 0. The van der Waals surface area contributed by atoms with Crippen LogP contribution in [0.3, 0.4) is 0 Å². The van der Waals surface area contributed by atoms with Gasteiger partial charge in [0, 0.05) is 0 Å². The molecule has 0 nitrogen and oxygen atoms in total. The lowest BCUT2D eigenvalue weighted by atomic mass is 11.0. The fourth-order valence-corrected chi connectivity index (χ4v) is 0. The molecular formula is C17H54. The Hall–Kier alpha value is 0. The van der Waals surface area contributed by atoms with E-state index >= 15 is 0 Å². The highest BCUT2D eigenvalue weighted by molar-refractivity contribution is 3.52. The van der Waals surface area contributed by atoms with E-state index < -0.39 is 0 Å². The van der Waals surface area contributed by atoms with Gasteiger partial charge in [0.1, 0.15) is 0 Å². The minimum Gasteiger partial charge on any atom is -0.0776 e. The van der Waals surface area contributed by atoms with E-state index in [0.717, 1.165) is 0 Å². The first-order valence-electron chi connectivity index (χ1n) is 7.00. The molecule has 0 bridgehead atoms. The highest BCUT2D eigenvalue weighted by Gasteiger charge is 0.944. The summed E-state index contributed by atoms with van der Waals surface area (Å²) in [4.78, 5) is 0. The SMILES string of the molecule is C.C.C.CC.CC.CC.CC.CC.CC.CC. The minimum atomic E-state index is 0. The highest BCUT2D eigenvalue weighted by Crippen LogP contribution is 1.16. The van der Waals surface area contributed by atoms with Crippen LogP contribution in [0, 0.1) is 0 Å². The van der Waals surface area contributed by atoms with Gasteiger partial charge >= 0.3 is 0 Å². The summed E-state index contributed by atoms with van der Waals surface area (Å²) in [6.45, 7) is 28.0. The molecule has 0 aliphatic heterocycles. The van der Waals surface area contributed by atoms with Crippen molar-refractivity contribution in [2.24, 2.45) is 0 Å². The third kappa shape index (κ3) is 0. The number of hydrogen-bond donors (Lipinski definition) is 0. The lowest BCUT2D eigenvalue weighted by Crippen LogP contribution is -0.856. The van der Waals surface area contributed by atoms with Crippen molar-refractivity contribution in [1.29, 1.82) is 0 Å². The first-order chi connectivity index (χ1) is 7.00. The van der Waals surface area contributed by atoms with Crippen LogP contribution in [0.4, 0.5) is 0 Å². The molecule has 0 N–H and O–H groups in total. The van der Waals surface area contributed by atoms with E-state index in [9.17, 15) is 0 Å². The van der Waals surface area contributed by atoms with Crippen molar-refractivity contribution in [3.8, 4) is 0 Å². The summed E-state index contributed by atoms with van der Waals surface area (Å²) in [5, 5.41) is 0. The molecule has 0 saturated carbocycles. The fraction of sp³-hybridized carbons (Fsp3) is 1.00. The van der Waals surface area contributed by atoms with Crippen LogP contribution < -0.4 is 0 Å². The van der Waals surface area contributed by atoms with E-state index in [1.54, 1.807) is 0 Å². The van der Waals surface area contributed by atoms with E-state index in [1.807, 2.05) is 96.9 Å². The van der Waals surface area contributed by atoms with Crippen LogP contribution >= 0.6 is 0 Å². The van der Waals surface area contributed by atoms with Gasteiger partial charge in [0.2, 0.25) is 0 Å². The van der Waals surface area contributed by atoms with Crippen molar-refractivity contribution in [3.63, 3.8) is 0 Å². The summed E-state index contributed by atoms with van der Waals surface area (Å²) in [5.74, 6) is 0. The van der Waals surface area contributed by atoms with Gasteiger partial charge in [-0.1, -0.05) is 119 Å².